The fourth-order valence-electron chi connectivity index (χ4n) is 12.2. The molecule has 0 saturated carbocycles. The lowest BCUT2D eigenvalue weighted by Gasteiger charge is -2.37. The second-order valence-corrected chi connectivity index (χ2v) is 18.4. The highest BCUT2D eigenvalue weighted by molar-refractivity contribution is 5.89. The molecule has 1 aliphatic heterocycles. The van der Waals surface area contributed by atoms with Crippen LogP contribution in [0, 0.1) is 0 Å². The molecular formula is C61H45N5+2. The van der Waals surface area contributed by atoms with E-state index in [0.29, 0.717) is 5.92 Å². The van der Waals surface area contributed by atoms with Crippen molar-refractivity contribution in [3.05, 3.63) is 280 Å². The minimum atomic E-state index is -0.810. The number of pyridine rings is 3. The number of hydrogen-bond acceptors (Lipinski definition) is 3. The van der Waals surface area contributed by atoms with Crippen LogP contribution in [0.1, 0.15) is 86.7 Å². The van der Waals surface area contributed by atoms with Crippen LogP contribution in [0.3, 0.4) is 0 Å². The molecule has 0 N–H and O–H groups in total. The molecule has 5 nitrogen and oxygen atoms in total. The molecule has 0 amide bonds. The van der Waals surface area contributed by atoms with E-state index in [-0.39, 0.29) is 0 Å². The molecule has 13 rings (SSSR count). The third-order valence-corrected chi connectivity index (χ3v) is 14.9. The molecule has 0 spiro atoms. The molecule has 0 fully saturated rings. The maximum absolute atomic E-state index is 5.33. The van der Waals surface area contributed by atoms with Gasteiger partial charge in [0.25, 0.3) is 5.54 Å². The van der Waals surface area contributed by atoms with E-state index in [0.717, 1.165) is 27.9 Å². The first-order valence-corrected chi connectivity index (χ1v) is 22.9. The molecule has 4 aliphatic rings. The molecule has 4 heterocycles. The Morgan fingerprint density at radius 1 is 0.439 bits per heavy atom. The maximum atomic E-state index is 5.33. The van der Waals surface area contributed by atoms with Gasteiger partial charge in [-0.25, -0.2) is 0 Å². The van der Waals surface area contributed by atoms with Crippen molar-refractivity contribution in [2.75, 3.05) is 7.05 Å². The lowest BCUT2D eigenvalue weighted by Crippen LogP contribution is -2.38. The zero-order chi connectivity index (χ0) is 44.2. The Hall–Kier alpha value is -8.11. The Labute approximate surface area is 385 Å². The van der Waals surface area contributed by atoms with E-state index < -0.39 is 16.4 Å². The number of hydrogen-bond donors (Lipinski definition) is 0. The predicted molar refractivity (Wildman–Crippen MR) is 261 cm³/mol. The summed E-state index contributed by atoms with van der Waals surface area (Å²) in [5, 5.41) is 0. The van der Waals surface area contributed by atoms with Crippen molar-refractivity contribution in [3.63, 3.8) is 0 Å². The highest BCUT2D eigenvalue weighted by Crippen LogP contribution is 2.60. The highest BCUT2D eigenvalue weighted by atomic mass is 15.2. The Bertz CT molecular complexity index is 3470. The molecule has 0 saturated heterocycles. The van der Waals surface area contributed by atoms with Gasteiger partial charge in [0.2, 0.25) is 12.4 Å². The van der Waals surface area contributed by atoms with Crippen molar-refractivity contribution in [1.82, 2.24) is 15.0 Å². The largest absolute Gasteiger partial charge is 0.490 e. The fourth-order valence-corrected chi connectivity index (χ4v) is 12.2. The average molecular weight is 848 g/mol. The van der Waals surface area contributed by atoms with E-state index in [9.17, 15) is 0 Å². The Morgan fingerprint density at radius 2 is 0.833 bits per heavy atom. The average Bonchev–Trinajstić information content (AvgIpc) is 4.11. The van der Waals surface area contributed by atoms with E-state index in [2.05, 4.69) is 231 Å². The molecule has 3 aliphatic carbocycles. The van der Waals surface area contributed by atoms with Gasteiger partial charge in [0.05, 0.1) is 22.1 Å². The van der Waals surface area contributed by atoms with Gasteiger partial charge in [-0.2, -0.15) is 0 Å². The minimum Gasteiger partial charge on any atom is -0.264 e. The maximum Gasteiger partial charge on any atom is 0.490 e. The summed E-state index contributed by atoms with van der Waals surface area (Å²) in [6.45, 7) is 4.51. The molecular weight excluding hydrogens is 803 g/mol. The summed E-state index contributed by atoms with van der Waals surface area (Å²) in [6, 6.07) is 66.3. The number of aromatic nitrogens is 3. The van der Waals surface area contributed by atoms with Crippen molar-refractivity contribution in [1.29, 1.82) is 0 Å². The molecule has 6 aromatic carbocycles. The zero-order valence-corrected chi connectivity index (χ0v) is 37.0. The number of rotatable bonds is 7. The third-order valence-electron chi connectivity index (χ3n) is 14.9. The summed E-state index contributed by atoms with van der Waals surface area (Å²) in [5.74, 6) is 0.323. The van der Waals surface area contributed by atoms with Crippen LogP contribution in [0.5, 0.6) is 0 Å². The second kappa shape index (κ2) is 14.2. The zero-order valence-electron chi connectivity index (χ0n) is 37.0. The van der Waals surface area contributed by atoms with Gasteiger partial charge in [0.1, 0.15) is 0 Å². The van der Waals surface area contributed by atoms with E-state index in [1.54, 1.807) is 0 Å². The van der Waals surface area contributed by atoms with E-state index >= 15 is 0 Å². The Kier molecular flexibility index (Phi) is 8.25. The van der Waals surface area contributed by atoms with Crippen molar-refractivity contribution < 1.29 is 9.15 Å². The van der Waals surface area contributed by atoms with Gasteiger partial charge in [-0.15, -0.1) is 0 Å². The van der Waals surface area contributed by atoms with Crippen molar-refractivity contribution in [3.8, 4) is 33.4 Å². The van der Waals surface area contributed by atoms with Crippen LogP contribution >= 0.6 is 0 Å². The van der Waals surface area contributed by atoms with Gasteiger partial charge < -0.3 is 0 Å². The van der Waals surface area contributed by atoms with E-state index in [1.807, 2.05) is 17.8 Å². The van der Waals surface area contributed by atoms with Gasteiger partial charge in [0, 0.05) is 42.1 Å². The van der Waals surface area contributed by atoms with Crippen LogP contribution < -0.4 is 0 Å². The van der Waals surface area contributed by atoms with Gasteiger partial charge >= 0.3 is 6.01 Å². The van der Waals surface area contributed by atoms with E-state index in [4.69, 9.17) is 15.0 Å². The van der Waals surface area contributed by atoms with Crippen LogP contribution in [0.25, 0.3) is 33.4 Å². The smallest absolute Gasteiger partial charge is 0.264 e. The van der Waals surface area contributed by atoms with Crippen LogP contribution in [-0.2, 0) is 16.4 Å². The quantitative estimate of drug-likeness (QED) is 0.150. The minimum absolute atomic E-state index is 0.323. The lowest BCUT2D eigenvalue weighted by molar-refractivity contribution is -0.533. The molecule has 0 radical (unpaired) electrons. The number of fused-ring (bicyclic) bond motifs is 9. The summed E-state index contributed by atoms with van der Waals surface area (Å²) in [6.07, 6.45) is 14.6. The molecule has 312 valence electrons. The third kappa shape index (κ3) is 4.93. The Balaban J connectivity index is 1.14. The summed E-state index contributed by atoms with van der Waals surface area (Å²) in [5.41, 5.74) is 18.7. The second-order valence-electron chi connectivity index (χ2n) is 18.4. The van der Waals surface area contributed by atoms with Crippen LogP contribution in [-0.4, -0.2) is 37.2 Å². The molecule has 5 heteroatoms. The van der Waals surface area contributed by atoms with Crippen molar-refractivity contribution in [2.45, 2.75) is 36.1 Å². The van der Waals surface area contributed by atoms with Gasteiger partial charge in [-0.1, -0.05) is 169 Å². The summed E-state index contributed by atoms with van der Waals surface area (Å²) in [7, 11) is 2.04. The summed E-state index contributed by atoms with van der Waals surface area (Å²) >= 11 is 0. The van der Waals surface area contributed by atoms with Crippen LogP contribution in [0.15, 0.2) is 213 Å². The molecule has 9 aromatic rings. The standard InChI is InChI=1S/C61H45N5/c1-40(2)41-28-29-64-58(32-41)60(54-24-12-6-18-48(54)49-19-7-13-25-55(49)60)44-33-42(35-62-37-44)59(52-22-10-4-16-46(52)47-17-5-11-23-53(47)59)43-34-45(38-63-36-43)61(66-31-30-65(3)39-66)56-26-14-8-20-50(56)51-21-9-15-27-57(51)61/h4-38,40H,1-3H3/q+2. The molecule has 66 heavy (non-hydrogen) atoms. The first kappa shape index (κ1) is 38.4. The van der Waals surface area contributed by atoms with Gasteiger partial charge in [-0.05, 0) is 108 Å². The fraction of sp³-hybridized carbons (Fsp3) is 0.115. The molecule has 3 aromatic heterocycles. The van der Waals surface area contributed by atoms with Crippen LogP contribution in [0.2, 0.25) is 0 Å². The highest BCUT2D eigenvalue weighted by Gasteiger charge is 2.57. The van der Waals surface area contributed by atoms with Crippen molar-refractivity contribution in [2.24, 2.45) is 0 Å². The molecule has 0 atom stereocenters. The molecule has 0 bridgehead atoms. The predicted octanol–water partition coefficient (Wildman–Crippen LogP) is 12.3. The van der Waals surface area contributed by atoms with E-state index in [1.165, 1.54) is 72.3 Å². The number of nitrogens with zero attached hydrogens (tertiary/aromatic N) is 5. The van der Waals surface area contributed by atoms with Crippen LogP contribution in [0.4, 0.5) is 0 Å². The first-order chi connectivity index (χ1) is 32.5. The van der Waals surface area contributed by atoms with Gasteiger partial charge in [0.15, 0.2) is 7.05 Å². The first-order valence-electron chi connectivity index (χ1n) is 22.9. The monoisotopic (exact) mass is 847 g/mol. The van der Waals surface area contributed by atoms with Gasteiger partial charge in [-0.3, -0.25) is 15.0 Å². The summed E-state index contributed by atoms with van der Waals surface area (Å²) in [4.78, 5) is 15.9. The Morgan fingerprint density at radius 3 is 1.29 bits per heavy atom. The topological polar surface area (TPSA) is 44.7 Å². The normalized spacial score (nSPS) is 15.9. The lowest BCUT2D eigenvalue weighted by atomic mass is 9.65. The summed E-state index contributed by atoms with van der Waals surface area (Å²) < 4.78 is 4.26. The molecule has 0 unspecified atom stereocenters. The number of benzene rings is 6. The SMILES string of the molecule is CC(C)c1ccnc(C2(c3cncc(C4(c5cncc(C6([N+]7=C=[N+](C)C=C7)c7ccccc7-c7ccccc76)c5)c5ccccc5-c5ccccc54)c3)c3ccccc3-c3ccccc32)c1. The van der Waals surface area contributed by atoms with Crippen molar-refractivity contribution >= 4 is 6.01 Å².